The lowest BCUT2D eigenvalue weighted by molar-refractivity contribution is 0.366. The third-order valence-corrected chi connectivity index (χ3v) is 4.50. The van der Waals surface area contributed by atoms with E-state index in [4.69, 9.17) is 0 Å². The molecule has 2 heterocycles. The largest absolute Gasteiger partial charge is 0.493 e. The van der Waals surface area contributed by atoms with Crippen LogP contribution < -0.4 is 5.56 Å². The third kappa shape index (κ3) is 2.57. The molecule has 0 atom stereocenters. The highest BCUT2D eigenvalue weighted by Gasteiger charge is 2.24. The van der Waals surface area contributed by atoms with Gasteiger partial charge in [-0.1, -0.05) is 5.92 Å². The second kappa shape index (κ2) is 6.00. The summed E-state index contributed by atoms with van der Waals surface area (Å²) in [7, 11) is 0. The summed E-state index contributed by atoms with van der Waals surface area (Å²) in [4.78, 5) is 12.9. The molecule has 0 aliphatic carbocycles. The van der Waals surface area contributed by atoms with Crippen LogP contribution in [0.1, 0.15) is 42.9 Å². The second-order valence-electron chi connectivity index (χ2n) is 6.17. The normalized spacial score (nSPS) is 13.9. The molecule has 1 N–H and O–H groups in total. The Morgan fingerprint density at radius 1 is 1.00 bits per heavy atom. The van der Waals surface area contributed by atoms with Crippen molar-refractivity contribution in [3.05, 3.63) is 39.2 Å². The number of aryl methyl sites for hydroxylation is 2. The minimum atomic E-state index is -0.0927. The van der Waals surface area contributed by atoms with Gasteiger partial charge in [-0.3, -0.25) is 9.48 Å². The molecule has 4 nitrogen and oxygen atoms in total. The van der Waals surface area contributed by atoms with Crippen LogP contribution in [-0.4, -0.2) is 14.5 Å². The molecule has 1 aliphatic heterocycles. The van der Waals surface area contributed by atoms with Gasteiger partial charge in [-0.2, -0.15) is 0 Å². The van der Waals surface area contributed by atoms with Crippen molar-refractivity contribution in [2.75, 3.05) is 0 Å². The predicted octanol–water partition coefficient (Wildman–Crippen LogP) is 3.19. The molecule has 2 aromatic rings. The number of hydrogen-bond donors (Lipinski definition) is 1. The lowest BCUT2D eigenvalue weighted by atomic mass is 9.95. The number of nitrogens with zero attached hydrogens (tertiary/aromatic N) is 2. The molecular formula is C19H22N2O2. The van der Waals surface area contributed by atoms with Gasteiger partial charge in [-0.25, -0.2) is 4.68 Å². The van der Waals surface area contributed by atoms with E-state index in [2.05, 4.69) is 11.8 Å². The second-order valence-corrected chi connectivity index (χ2v) is 6.17. The summed E-state index contributed by atoms with van der Waals surface area (Å²) in [5.74, 6) is 6.05. The smallest absolute Gasteiger partial charge is 0.278 e. The number of fused-ring (bicyclic) bond motifs is 1. The Labute approximate surface area is 136 Å². The van der Waals surface area contributed by atoms with Crippen LogP contribution in [0.4, 0.5) is 0 Å². The van der Waals surface area contributed by atoms with Crippen LogP contribution in [0, 0.1) is 25.7 Å². The van der Waals surface area contributed by atoms with Crippen LogP contribution in [-0.2, 0) is 13.1 Å². The van der Waals surface area contributed by atoms with Crippen LogP contribution in [0.25, 0.3) is 11.1 Å². The zero-order valence-corrected chi connectivity index (χ0v) is 13.9. The van der Waals surface area contributed by atoms with E-state index in [-0.39, 0.29) is 11.4 Å². The number of aromatic hydroxyl groups is 1. The van der Waals surface area contributed by atoms with Gasteiger partial charge < -0.3 is 5.11 Å². The summed E-state index contributed by atoms with van der Waals surface area (Å²) in [6.45, 7) is 7.11. The fraction of sp³-hybridized carbons (Fsp3) is 0.421. The Bertz CT molecular complexity index is 852. The van der Waals surface area contributed by atoms with Gasteiger partial charge in [-0.05, 0) is 68.9 Å². The summed E-state index contributed by atoms with van der Waals surface area (Å²) in [5.41, 5.74) is 4.05. The molecule has 0 amide bonds. The molecule has 0 saturated carbocycles. The van der Waals surface area contributed by atoms with Gasteiger partial charge in [-0.15, -0.1) is 5.92 Å². The van der Waals surface area contributed by atoms with Crippen molar-refractivity contribution in [2.24, 2.45) is 0 Å². The van der Waals surface area contributed by atoms with E-state index in [0.717, 1.165) is 41.5 Å². The molecule has 120 valence electrons. The average molecular weight is 310 g/mol. The first-order chi connectivity index (χ1) is 11.0. The fourth-order valence-corrected chi connectivity index (χ4v) is 3.52. The molecule has 1 aromatic heterocycles. The topological polar surface area (TPSA) is 47.2 Å². The van der Waals surface area contributed by atoms with Crippen molar-refractivity contribution < 1.29 is 5.11 Å². The summed E-state index contributed by atoms with van der Waals surface area (Å²) < 4.78 is 3.43. The molecule has 0 saturated heterocycles. The van der Waals surface area contributed by atoms with Crippen molar-refractivity contribution in [1.29, 1.82) is 0 Å². The zero-order valence-electron chi connectivity index (χ0n) is 13.9. The quantitative estimate of drug-likeness (QED) is 0.822. The van der Waals surface area contributed by atoms with Crippen molar-refractivity contribution in [3.63, 3.8) is 0 Å². The number of aromatic nitrogens is 2. The van der Waals surface area contributed by atoms with Crippen molar-refractivity contribution in [2.45, 2.75) is 53.1 Å². The average Bonchev–Trinajstić information content (AvgIpc) is 2.70. The zero-order chi connectivity index (χ0) is 16.6. The maximum Gasteiger partial charge on any atom is 0.278 e. The lowest BCUT2D eigenvalue weighted by Gasteiger charge is -2.10. The molecule has 1 aromatic carbocycles. The van der Waals surface area contributed by atoms with Gasteiger partial charge >= 0.3 is 0 Å². The van der Waals surface area contributed by atoms with Crippen molar-refractivity contribution in [3.8, 4) is 28.8 Å². The molecule has 0 unspecified atom stereocenters. The SMILES string of the molecule is CC#Cc1cc(C)c(-c2c(O)n3n(c2=O)CCCCC3)c(C)c1. The van der Waals surface area contributed by atoms with E-state index in [1.54, 1.807) is 9.36 Å². The number of rotatable bonds is 1. The number of hydrogen-bond acceptors (Lipinski definition) is 2. The Kier molecular flexibility index (Phi) is 4.04. The van der Waals surface area contributed by atoms with Gasteiger partial charge in [0.15, 0.2) is 0 Å². The van der Waals surface area contributed by atoms with E-state index in [9.17, 15) is 9.90 Å². The molecule has 0 bridgehead atoms. The highest BCUT2D eigenvalue weighted by Crippen LogP contribution is 2.33. The van der Waals surface area contributed by atoms with E-state index < -0.39 is 0 Å². The van der Waals surface area contributed by atoms with Crippen molar-refractivity contribution >= 4 is 0 Å². The minimum Gasteiger partial charge on any atom is -0.493 e. The van der Waals surface area contributed by atoms with E-state index in [1.807, 2.05) is 32.9 Å². The summed E-state index contributed by atoms with van der Waals surface area (Å²) >= 11 is 0. The molecule has 23 heavy (non-hydrogen) atoms. The van der Waals surface area contributed by atoms with Gasteiger partial charge in [0, 0.05) is 18.7 Å². The Hall–Kier alpha value is -2.41. The highest BCUT2D eigenvalue weighted by atomic mass is 16.3. The van der Waals surface area contributed by atoms with Gasteiger partial charge in [0.25, 0.3) is 5.56 Å². The van der Waals surface area contributed by atoms with Crippen LogP contribution in [0.2, 0.25) is 0 Å². The van der Waals surface area contributed by atoms with Gasteiger partial charge in [0.05, 0.1) is 0 Å². The third-order valence-electron chi connectivity index (χ3n) is 4.50. The molecule has 0 spiro atoms. The number of benzene rings is 1. The van der Waals surface area contributed by atoms with Gasteiger partial charge in [0.1, 0.15) is 5.56 Å². The standard InChI is InChI=1S/C19H22N2O2/c1-4-8-15-11-13(2)16(14(3)12-15)17-18(22)20-9-6-5-7-10-21(20)19(17)23/h11-12,22H,5-7,9-10H2,1-3H3. The molecule has 4 heteroatoms. The highest BCUT2D eigenvalue weighted by molar-refractivity contribution is 5.75. The fourth-order valence-electron chi connectivity index (χ4n) is 3.52. The monoisotopic (exact) mass is 310 g/mol. The van der Waals surface area contributed by atoms with Gasteiger partial charge in [0.2, 0.25) is 5.88 Å². The van der Waals surface area contributed by atoms with Crippen molar-refractivity contribution in [1.82, 2.24) is 9.36 Å². The molecular weight excluding hydrogens is 288 g/mol. The Morgan fingerprint density at radius 3 is 2.22 bits per heavy atom. The summed E-state index contributed by atoms with van der Waals surface area (Å²) in [6, 6.07) is 3.95. The minimum absolute atomic E-state index is 0.0927. The molecule has 0 radical (unpaired) electrons. The Morgan fingerprint density at radius 2 is 1.61 bits per heavy atom. The summed E-state index contributed by atoms with van der Waals surface area (Å²) in [6.07, 6.45) is 3.06. The van der Waals surface area contributed by atoms with Crippen LogP contribution >= 0.6 is 0 Å². The lowest BCUT2D eigenvalue weighted by Crippen LogP contribution is -2.22. The first-order valence-corrected chi connectivity index (χ1v) is 8.11. The maximum absolute atomic E-state index is 12.9. The summed E-state index contributed by atoms with van der Waals surface area (Å²) in [5, 5.41) is 10.7. The van der Waals surface area contributed by atoms with Crippen LogP contribution in [0.5, 0.6) is 5.88 Å². The molecule has 0 fully saturated rings. The first kappa shape index (κ1) is 15.5. The maximum atomic E-state index is 12.9. The van der Waals surface area contributed by atoms with Crippen LogP contribution in [0.3, 0.4) is 0 Å². The molecule has 3 rings (SSSR count). The van der Waals surface area contributed by atoms with E-state index in [0.29, 0.717) is 18.7 Å². The van der Waals surface area contributed by atoms with E-state index in [1.165, 1.54) is 0 Å². The Balaban J connectivity index is 2.24. The predicted molar refractivity (Wildman–Crippen MR) is 91.7 cm³/mol. The first-order valence-electron chi connectivity index (χ1n) is 8.11. The van der Waals surface area contributed by atoms with E-state index >= 15 is 0 Å². The molecule has 1 aliphatic rings. The van der Waals surface area contributed by atoms with Crippen LogP contribution in [0.15, 0.2) is 16.9 Å².